The van der Waals surface area contributed by atoms with E-state index in [-0.39, 0.29) is 0 Å². The Balaban J connectivity index is 1.11. The van der Waals surface area contributed by atoms with Gasteiger partial charge in [0, 0.05) is 48.8 Å². The van der Waals surface area contributed by atoms with Crippen LogP contribution in [0.1, 0.15) is 51.5 Å². The normalized spacial score (nSPS) is 21.5. The minimum Gasteiger partial charge on any atom is -0.388 e. The van der Waals surface area contributed by atoms with Crippen LogP contribution in [0.2, 0.25) is 0 Å². The van der Waals surface area contributed by atoms with Crippen LogP contribution in [0.5, 0.6) is 0 Å². The number of nitrogens with zero attached hydrogens (tertiary/aromatic N) is 4. The molecule has 0 saturated carbocycles. The number of aliphatic hydroxyl groups is 1. The Morgan fingerprint density at radius 2 is 1.94 bits per heavy atom. The minimum atomic E-state index is -0.516. The molecule has 2 aliphatic heterocycles. The van der Waals surface area contributed by atoms with Gasteiger partial charge in [0.25, 0.3) is 0 Å². The Bertz CT molecular complexity index is 1050. The zero-order valence-corrected chi connectivity index (χ0v) is 20.1. The summed E-state index contributed by atoms with van der Waals surface area (Å²) in [6, 6.07) is 6.39. The van der Waals surface area contributed by atoms with Crippen molar-refractivity contribution < 1.29 is 5.11 Å². The minimum absolute atomic E-state index is 0.382. The number of piperidine rings is 2. The molecule has 7 heteroatoms. The van der Waals surface area contributed by atoms with Crippen LogP contribution < -0.4 is 0 Å². The summed E-state index contributed by atoms with van der Waals surface area (Å²) < 4.78 is 0. The second kappa shape index (κ2) is 9.20. The molecule has 5 rings (SSSR count). The van der Waals surface area contributed by atoms with Gasteiger partial charge in [-0.25, -0.2) is 4.98 Å². The third kappa shape index (κ3) is 5.31. The van der Waals surface area contributed by atoms with E-state index in [1.807, 2.05) is 0 Å². The number of aryl methyl sites for hydroxylation is 1. The van der Waals surface area contributed by atoms with Crippen molar-refractivity contribution in [1.29, 1.82) is 0 Å². The first-order valence-electron chi connectivity index (χ1n) is 12.5. The average Bonchev–Trinajstić information content (AvgIpc) is 3.44. The lowest BCUT2D eigenvalue weighted by molar-refractivity contribution is -0.0567. The zero-order chi connectivity index (χ0) is 22.9. The number of nitrogens with one attached hydrogen (secondary N) is 2. The van der Waals surface area contributed by atoms with Crippen LogP contribution in [0.15, 0.2) is 30.7 Å². The maximum absolute atomic E-state index is 11.2. The second-order valence-corrected chi connectivity index (χ2v) is 11.1. The highest BCUT2D eigenvalue weighted by Crippen LogP contribution is 2.31. The van der Waals surface area contributed by atoms with E-state index in [0.717, 1.165) is 81.9 Å². The van der Waals surface area contributed by atoms with Gasteiger partial charge in [0.1, 0.15) is 6.33 Å². The fourth-order valence-electron chi connectivity index (χ4n) is 5.82. The molecule has 7 nitrogen and oxygen atoms in total. The summed E-state index contributed by atoms with van der Waals surface area (Å²) in [5.74, 6) is 0.804. The molecule has 2 aliphatic rings. The van der Waals surface area contributed by atoms with Crippen molar-refractivity contribution in [3.63, 3.8) is 0 Å². The summed E-state index contributed by atoms with van der Waals surface area (Å²) in [5.41, 5.74) is 3.45. The van der Waals surface area contributed by atoms with Crippen molar-refractivity contribution in [3.05, 3.63) is 36.3 Å². The molecule has 2 fully saturated rings. The molecule has 0 unspecified atom stereocenters. The fraction of sp³-hybridized carbons (Fsp3) is 0.615. The summed E-state index contributed by atoms with van der Waals surface area (Å²) in [7, 11) is 0. The van der Waals surface area contributed by atoms with E-state index in [0.29, 0.717) is 5.41 Å². The highest BCUT2D eigenvalue weighted by Gasteiger charge is 2.36. The van der Waals surface area contributed by atoms with E-state index in [1.165, 1.54) is 23.8 Å². The molecular formula is C26H38N6O. The maximum Gasteiger partial charge on any atom is 0.155 e. The van der Waals surface area contributed by atoms with Gasteiger partial charge >= 0.3 is 0 Å². The first-order chi connectivity index (χ1) is 15.9. The molecule has 0 amide bonds. The molecule has 4 heterocycles. The van der Waals surface area contributed by atoms with Gasteiger partial charge in [-0.15, -0.1) is 0 Å². The van der Waals surface area contributed by atoms with Gasteiger partial charge in [-0.2, -0.15) is 5.10 Å². The van der Waals surface area contributed by atoms with Crippen LogP contribution in [-0.2, 0) is 6.42 Å². The summed E-state index contributed by atoms with van der Waals surface area (Å²) in [6.07, 6.45) is 10.2. The van der Waals surface area contributed by atoms with Crippen molar-refractivity contribution in [1.82, 2.24) is 30.0 Å². The highest BCUT2D eigenvalue weighted by atomic mass is 16.3. The molecule has 3 aromatic rings. The molecule has 2 saturated heterocycles. The number of hydrogen-bond donors (Lipinski definition) is 3. The van der Waals surface area contributed by atoms with E-state index in [4.69, 9.17) is 0 Å². The van der Waals surface area contributed by atoms with Gasteiger partial charge in [0.05, 0.1) is 5.60 Å². The number of β-amino-alcohol motifs (C(OH)–C–C–N with tert-alkyl or cyclic N) is 1. The van der Waals surface area contributed by atoms with Crippen LogP contribution in [-0.4, -0.2) is 79.9 Å². The van der Waals surface area contributed by atoms with Crippen LogP contribution in [0.25, 0.3) is 22.3 Å². The lowest BCUT2D eigenvalue weighted by Crippen LogP contribution is -2.53. The second-order valence-electron chi connectivity index (χ2n) is 11.1. The number of likely N-dealkylation sites (tertiary alicyclic amines) is 2. The molecule has 1 aromatic carbocycles. The molecule has 0 bridgehead atoms. The predicted molar refractivity (Wildman–Crippen MR) is 132 cm³/mol. The molecule has 0 aliphatic carbocycles. The number of H-pyrrole nitrogens is 2. The molecule has 0 radical (unpaired) electrons. The van der Waals surface area contributed by atoms with Crippen molar-refractivity contribution >= 4 is 10.9 Å². The molecule has 3 N–H and O–H groups in total. The van der Waals surface area contributed by atoms with Crippen LogP contribution in [0.4, 0.5) is 0 Å². The monoisotopic (exact) mass is 450 g/mol. The van der Waals surface area contributed by atoms with Crippen molar-refractivity contribution in [2.75, 3.05) is 39.3 Å². The van der Waals surface area contributed by atoms with Crippen molar-refractivity contribution in [2.45, 2.75) is 58.0 Å². The van der Waals surface area contributed by atoms with Gasteiger partial charge in [0.2, 0.25) is 0 Å². The highest BCUT2D eigenvalue weighted by molar-refractivity contribution is 5.87. The average molecular weight is 451 g/mol. The number of aromatic amines is 2. The first kappa shape index (κ1) is 22.6. The van der Waals surface area contributed by atoms with Crippen LogP contribution in [0, 0.1) is 5.41 Å². The number of rotatable bonds is 7. The topological polar surface area (TPSA) is 84.1 Å². The maximum atomic E-state index is 11.2. The Hall–Kier alpha value is -2.22. The number of hydrogen-bond acceptors (Lipinski definition) is 5. The Morgan fingerprint density at radius 1 is 1.09 bits per heavy atom. The zero-order valence-electron chi connectivity index (χ0n) is 20.1. The lowest BCUT2D eigenvalue weighted by Gasteiger charge is -2.45. The van der Waals surface area contributed by atoms with E-state index < -0.39 is 5.60 Å². The molecule has 2 aromatic heterocycles. The van der Waals surface area contributed by atoms with Crippen LogP contribution in [0.3, 0.4) is 0 Å². The molecule has 178 valence electrons. The number of fused-ring (bicyclic) bond motifs is 1. The van der Waals surface area contributed by atoms with Gasteiger partial charge < -0.3 is 15.0 Å². The summed E-state index contributed by atoms with van der Waals surface area (Å²) >= 11 is 0. The fourth-order valence-corrected chi connectivity index (χ4v) is 5.82. The van der Waals surface area contributed by atoms with Crippen molar-refractivity contribution in [3.8, 4) is 11.4 Å². The predicted octanol–water partition coefficient (Wildman–Crippen LogP) is 3.83. The third-order valence-corrected chi connectivity index (χ3v) is 7.66. The van der Waals surface area contributed by atoms with E-state index in [1.54, 1.807) is 6.33 Å². The van der Waals surface area contributed by atoms with E-state index in [9.17, 15) is 5.11 Å². The van der Waals surface area contributed by atoms with Crippen molar-refractivity contribution in [2.24, 2.45) is 5.41 Å². The lowest BCUT2D eigenvalue weighted by atomic mass is 9.82. The smallest absolute Gasteiger partial charge is 0.155 e. The molecule has 0 spiro atoms. The molecular weight excluding hydrogens is 412 g/mol. The first-order valence-corrected chi connectivity index (χ1v) is 12.5. The third-order valence-electron chi connectivity index (χ3n) is 7.66. The van der Waals surface area contributed by atoms with Gasteiger partial charge in [-0.3, -0.25) is 10.00 Å². The standard InChI is InChI=1S/C26H38N6O/c1-25(2)8-4-12-32(17-25)18-26(33)9-13-31(14-10-26)11-3-5-21-16-27-23-7-6-20(15-22(21)23)24-28-19-29-30-24/h6-7,15-16,19,27,33H,3-5,8-14,17-18H2,1-2H3,(H,28,29,30). The quantitative estimate of drug-likeness (QED) is 0.509. The van der Waals surface area contributed by atoms with Gasteiger partial charge in [-0.1, -0.05) is 13.8 Å². The number of aromatic nitrogens is 4. The molecule has 0 atom stereocenters. The summed E-state index contributed by atoms with van der Waals surface area (Å²) in [6.45, 7) is 10.9. The van der Waals surface area contributed by atoms with E-state index in [2.05, 4.69) is 68.2 Å². The number of benzene rings is 1. The largest absolute Gasteiger partial charge is 0.388 e. The van der Waals surface area contributed by atoms with Gasteiger partial charge in [-0.05, 0) is 80.8 Å². The summed E-state index contributed by atoms with van der Waals surface area (Å²) in [4.78, 5) is 12.7. The van der Waals surface area contributed by atoms with Gasteiger partial charge in [0.15, 0.2) is 5.82 Å². The Morgan fingerprint density at radius 3 is 2.70 bits per heavy atom. The van der Waals surface area contributed by atoms with Crippen LogP contribution >= 0.6 is 0 Å². The summed E-state index contributed by atoms with van der Waals surface area (Å²) in [5, 5.41) is 19.4. The SMILES string of the molecule is CC1(C)CCCN(CC2(O)CCN(CCCc3c[nH]c4ccc(-c5ncn[nH]5)cc34)CC2)C1. The van der Waals surface area contributed by atoms with E-state index >= 15 is 0 Å². The Labute approximate surface area is 196 Å². The Kier molecular flexibility index (Phi) is 6.29. The molecule has 33 heavy (non-hydrogen) atoms.